The summed E-state index contributed by atoms with van der Waals surface area (Å²) >= 11 is 0. The summed E-state index contributed by atoms with van der Waals surface area (Å²) in [6, 6.07) is 4.10. The summed E-state index contributed by atoms with van der Waals surface area (Å²) in [6.07, 6.45) is 4.09. The second kappa shape index (κ2) is 8.29. The number of hydrogen-bond donors (Lipinski definition) is 0. The largest absolute Gasteiger partial charge is 0.465 e. The van der Waals surface area contributed by atoms with Gasteiger partial charge in [-0.2, -0.15) is 0 Å². The molecule has 1 aromatic carbocycles. The van der Waals surface area contributed by atoms with Crippen LogP contribution in [0.5, 0.6) is 5.75 Å². The van der Waals surface area contributed by atoms with Crippen molar-refractivity contribution in [2.45, 2.75) is 52.5 Å². The molecule has 2 rings (SSSR count). The normalized spacial score (nSPS) is 16.1. The van der Waals surface area contributed by atoms with E-state index >= 15 is 0 Å². The van der Waals surface area contributed by atoms with Crippen LogP contribution in [0.25, 0.3) is 0 Å². The van der Waals surface area contributed by atoms with E-state index in [-0.39, 0.29) is 0 Å². The highest BCUT2D eigenvalue weighted by molar-refractivity contribution is 5.94. The topological polar surface area (TPSA) is 55.8 Å². The van der Waals surface area contributed by atoms with Gasteiger partial charge in [-0.05, 0) is 62.0 Å². The number of methoxy groups -OCH3 is 1. The Morgan fingerprint density at radius 3 is 2.21 bits per heavy atom. The van der Waals surface area contributed by atoms with Crippen LogP contribution in [-0.2, 0) is 22.4 Å². The van der Waals surface area contributed by atoms with Gasteiger partial charge >= 0.3 is 11.9 Å². The van der Waals surface area contributed by atoms with E-state index in [4.69, 9.17) is 9.47 Å². The zero-order valence-corrected chi connectivity index (χ0v) is 15.1. The molecule has 0 saturated heterocycles. The Bertz CT molecular complexity index is 606. The molecule has 0 aliphatic heterocycles. The number of esters is 2. The lowest BCUT2D eigenvalue weighted by Gasteiger charge is -2.27. The van der Waals surface area contributed by atoms with Crippen molar-refractivity contribution in [2.24, 2.45) is 0 Å². The highest BCUT2D eigenvalue weighted by Crippen LogP contribution is 2.32. The van der Waals surface area contributed by atoms with E-state index in [1.807, 2.05) is 12.1 Å². The Morgan fingerprint density at radius 1 is 1.12 bits per heavy atom. The molecule has 0 spiro atoms. The maximum absolute atomic E-state index is 12.0. The molecule has 0 radical (unpaired) electrons. The second-order valence-corrected chi connectivity index (χ2v) is 6.30. The van der Waals surface area contributed by atoms with Crippen molar-refractivity contribution in [3.63, 3.8) is 0 Å². The van der Waals surface area contributed by atoms with Crippen molar-refractivity contribution in [3.05, 3.63) is 28.8 Å². The molecule has 1 aliphatic rings. The Labute approximate surface area is 143 Å². The predicted octanol–water partition coefficient (Wildman–Crippen LogP) is 2.99. The minimum atomic E-state index is -0.475. The van der Waals surface area contributed by atoms with Gasteiger partial charge in [0.05, 0.1) is 7.11 Å². The van der Waals surface area contributed by atoms with E-state index in [9.17, 15) is 9.59 Å². The minimum absolute atomic E-state index is 0.297. The lowest BCUT2D eigenvalue weighted by molar-refractivity contribution is -0.131. The van der Waals surface area contributed by atoms with E-state index in [0.717, 1.165) is 49.9 Å². The second-order valence-electron chi connectivity index (χ2n) is 6.30. The number of carbonyl (C=O) groups excluding carboxylic acids is 2. The molecule has 0 saturated carbocycles. The van der Waals surface area contributed by atoms with Crippen LogP contribution >= 0.6 is 0 Å². The van der Waals surface area contributed by atoms with Gasteiger partial charge in [0, 0.05) is 13.0 Å². The van der Waals surface area contributed by atoms with Crippen LogP contribution in [-0.4, -0.2) is 43.1 Å². The van der Waals surface area contributed by atoms with E-state index in [1.54, 1.807) is 0 Å². The molecule has 1 aliphatic carbocycles. The Morgan fingerprint density at radius 2 is 1.71 bits per heavy atom. The van der Waals surface area contributed by atoms with Crippen molar-refractivity contribution in [1.29, 1.82) is 0 Å². The Balaban J connectivity index is 2.30. The number of carbonyl (C=O) groups is 2. The first kappa shape index (κ1) is 18.5. The lowest BCUT2D eigenvalue weighted by atomic mass is 10.1. The van der Waals surface area contributed by atoms with Crippen molar-refractivity contribution in [2.75, 3.05) is 20.2 Å². The van der Waals surface area contributed by atoms with E-state index in [1.165, 1.54) is 14.0 Å². The standard InChI is InChI=1S/C19H27NO4/c1-5-7-20(8-6-2)16-9-14-11-17(19(22)23-4)18(24-13(3)21)12-15(14)10-16/h11-12,16H,5-10H2,1-4H3. The van der Waals surface area contributed by atoms with Crippen molar-refractivity contribution < 1.29 is 19.1 Å². The van der Waals surface area contributed by atoms with Crippen LogP contribution in [0.1, 0.15) is 55.1 Å². The number of hydrogen-bond acceptors (Lipinski definition) is 5. The molecule has 24 heavy (non-hydrogen) atoms. The highest BCUT2D eigenvalue weighted by Gasteiger charge is 2.29. The maximum atomic E-state index is 12.0. The van der Waals surface area contributed by atoms with Gasteiger partial charge in [0.2, 0.25) is 0 Å². The molecule has 0 bridgehead atoms. The zero-order chi connectivity index (χ0) is 17.7. The van der Waals surface area contributed by atoms with Crippen LogP contribution in [0.4, 0.5) is 0 Å². The van der Waals surface area contributed by atoms with Gasteiger partial charge in [0.15, 0.2) is 0 Å². The first-order valence-electron chi connectivity index (χ1n) is 8.66. The van der Waals surface area contributed by atoms with Gasteiger partial charge in [0.25, 0.3) is 0 Å². The van der Waals surface area contributed by atoms with E-state index in [2.05, 4.69) is 18.7 Å². The predicted molar refractivity (Wildman–Crippen MR) is 92.4 cm³/mol. The molecule has 1 unspecified atom stereocenters. The molecule has 1 aromatic rings. The molecule has 0 aromatic heterocycles. The third kappa shape index (κ3) is 4.15. The summed E-state index contributed by atoms with van der Waals surface area (Å²) in [5, 5.41) is 0. The minimum Gasteiger partial charge on any atom is -0.465 e. The molecule has 5 heteroatoms. The molecule has 0 amide bonds. The van der Waals surface area contributed by atoms with Gasteiger partial charge in [0.1, 0.15) is 11.3 Å². The molecule has 0 heterocycles. The molecular formula is C19H27NO4. The van der Waals surface area contributed by atoms with Crippen LogP contribution < -0.4 is 4.74 Å². The Hall–Kier alpha value is -1.88. The third-order valence-electron chi connectivity index (χ3n) is 4.41. The van der Waals surface area contributed by atoms with Crippen LogP contribution in [0.3, 0.4) is 0 Å². The fraction of sp³-hybridized carbons (Fsp3) is 0.579. The number of fused-ring (bicyclic) bond motifs is 1. The molecule has 0 N–H and O–H groups in total. The average molecular weight is 333 g/mol. The smallest absolute Gasteiger partial charge is 0.341 e. The highest BCUT2D eigenvalue weighted by atomic mass is 16.5. The van der Waals surface area contributed by atoms with Gasteiger partial charge < -0.3 is 9.47 Å². The number of ether oxygens (including phenoxy) is 2. The fourth-order valence-corrected chi connectivity index (χ4v) is 3.44. The van der Waals surface area contributed by atoms with E-state index < -0.39 is 11.9 Å². The van der Waals surface area contributed by atoms with Crippen LogP contribution in [0.2, 0.25) is 0 Å². The summed E-state index contributed by atoms with van der Waals surface area (Å²) in [7, 11) is 1.33. The molecule has 132 valence electrons. The van der Waals surface area contributed by atoms with Crippen molar-refractivity contribution >= 4 is 11.9 Å². The quantitative estimate of drug-likeness (QED) is 0.567. The third-order valence-corrected chi connectivity index (χ3v) is 4.41. The molecule has 5 nitrogen and oxygen atoms in total. The first-order valence-corrected chi connectivity index (χ1v) is 8.66. The Kier molecular flexibility index (Phi) is 6.37. The fourth-order valence-electron chi connectivity index (χ4n) is 3.44. The van der Waals surface area contributed by atoms with Crippen molar-refractivity contribution in [1.82, 2.24) is 4.90 Å². The van der Waals surface area contributed by atoms with Gasteiger partial charge in [-0.1, -0.05) is 13.8 Å². The van der Waals surface area contributed by atoms with Gasteiger partial charge in [-0.3, -0.25) is 9.69 Å². The average Bonchev–Trinajstić information content (AvgIpc) is 2.95. The van der Waals surface area contributed by atoms with Crippen molar-refractivity contribution in [3.8, 4) is 5.75 Å². The van der Waals surface area contributed by atoms with Gasteiger partial charge in [-0.25, -0.2) is 4.79 Å². The summed E-state index contributed by atoms with van der Waals surface area (Å²) in [6.45, 7) is 7.87. The van der Waals surface area contributed by atoms with Crippen LogP contribution in [0, 0.1) is 0 Å². The summed E-state index contributed by atoms with van der Waals surface area (Å²) in [4.78, 5) is 25.9. The summed E-state index contributed by atoms with van der Waals surface area (Å²) in [5.74, 6) is -0.615. The van der Waals surface area contributed by atoms with E-state index in [0.29, 0.717) is 17.4 Å². The lowest BCUT2D eigenvalue weighted by Crippen LogP contribution is -2.37. The number of nitrogens with zero attached hydrogens (tertiary/aromatic N) is 1. The number of rotatable bonds is 7. The van der Waals surface area contributed by atoms with Crippen LogP contribution in [0.15, 0.2) is 12.1 Å². The molecular weight excluding hydrogens is 306 g/mol. The SMILES string of the molecule is CCCN(CCC)C1Cc2cc(OC(C)=O)c(C(=O)OC)cc2C1. The summed E-state index contributed by atoms with van der Waals surface area (Å²) in [5.41, 5.74) is 2.62. The molecule has 0 fully saturated rings. The monoisotopic (exact) mass is 333 g/mol. The zero-order valence-electron chi connectivity index (χ0n) is 15.1. The molecule has 1 atom stereocenters. The van der Waals surface area contributed by atoms with Gasteiger partial charge in [-0.15, -0.1) is 0 Å². The number of benzene rings is 1. The summed E-state index contributed by atoms with van der Waals surface area (Å²) < 4.78 is 10.1. The first-order chi connectivity index (χ1) is 11.5. The maximum Gasteiger partial charge on any atom is 0.341 e.